The Bertz CT molecular complexity index is 621. The molecule has 0 fully saturated rings. The number of hydrogen-bond donors (Lipinski definition) is 0. The summed E-state index contributed by atoms with van der Waals surface area (Å²) < 4.78 is 29.3. The van der Waals surface area contributed by atoms with Gasteiger partial charge in [0.25, 0.3) is 0 Å². The molecule has 3 nitrogen and oxygen atoms in total. The summed E-state index contributed by atoms with van der Waals surface area (Å²) in [6.45, 7) is 3.61. The van der Waals surface area contributed by atoms with Crippen molar-refractivity contribution in [2.24, 2.45) is 0 Å². The van der Waals surface area contributed by atoms with Gasteiger partial charge in [-0.1, -0.05) is 24.3 Å². The minimum absolute atomic E-state index is 0.185. The van der Waals surface area contributed by atoms with Crippen LogP contribution in [0.4, 0.5) is 8.78 Å². The van der Waals surface area contributed by atoms with E-state index in [2.05, 4.69) is 16.7 Å². The van der Waals surface area contributed by atoms with Crippen LogP contribution in [-0.4, -0.2) is 14.8 Å². The summed E-state index contributed by atoms with van der Waals surface area (Å²) >= 11 is 0. The molecule has 0 bridgehead atoms. The third kappa shape index (κ3) is 1.95. The zero-order valence-corrected chi connectivity index (χ0v) is 10.3. The van der Waals surface area contributed by atoms with Crippen molar-refractivity contribution in [2.45, 2.75) is 25.1 Å². The van der Waals surface area contributed by atoms with E-state index in [0.717, 1.165) is 0 Å². The van der Waals surface area contributed by atoms with Crippen LogP contribution in [0.3, 0.4) is 0 Å². The number of hydrogen-bond acceptors (Lipinski definition) is 2. The second kappa shape index (κ2) is 4.57. The van der Waals surface area contributed by atoms with Gasteiger partial charge in [0.2, 0.25) is 0 Å². The predicted octanol–water partition coefficient (Wildman–Crippen LogP) is 3.15. The summed E-state index contributed by atoms with van der Waals surface area (Å²) in [6, 6.07) is 5.98. The molecular weight excluding hydrogens is 248 g/mol. The molecule has 2 aromatic rings. The Morgan fingerprint density at radius 2 is 2.21 bits per heavy atom. The number of halogens is 2. The van der Waals surface area contributed by atoms with Gasteiger partial charge in [0.05, 0.1) is 6.04 Å². The molecular formula is C14H13F2N3. The summed E-state index contributed by atoms with van der Waals surface area (Å²) in [5, 5.41) is 4.26. The highest BCUT2D eigenvalue weighted by Crippen LogP contribution is 2.39. The monoisotopic (exact) mass is 261 g/mol. The van der Waals surface area contributed by atoms with E-state index in [1.807, 2.05) is 0 Å². The van der Waals surface area contributed by atoms with E-state index in [4.69, 9.17) is 0 Å². The lowest BCUT2D eigenvalue weighted by Gasteiger charge is -2.12. The molecule has 0 saturated carbocycles. The highest BCUT2D eigenvalue weighted by Gasteiger charge is 2.36. The molecule has 0 saturated heterocycles. The van der Waals surface area contributed by atoms with Gasteiger partial charge < -0.3 is 0 Å². The van der Waals surface area contributed by atoms with E-state index in [0.29, 0.717) is 17.8 Å². The van der Waals surface area contributed by atoms with Gasteiger partial charge in [0.15, 0.2) is 17.8 Å². The first-order valence-corrected chi connectivity index (χ1v) is 6.15. The van der Waals surface area contributed by atoms with E-state index >= 15 is 0 Å². The second-order valence-electron chi connectivity index (χ2n) is 4.56. The minimum atomic E-state index is -1.20. The molecule has 0 unspecified atom stereocenters. The van der Waals surface area contributed by atoms with Crippen molar-refractivity contribution in [3.8, 4) is 0 Å². The van der Waals surface area contributed by atoms with E-state index < -0.39 is 12.2 Å². The molecule has 98 valence electrons. The lowest BCUT2D eigenvalue weighted by atomic mass is 10.0. The van der Waals surface area contributed by atoms with Crippen LogP contribution in [0.1, 0.15) is 35.8 Å². The smallest absolute Gasteiger partial charge is 0.162 e. The van der Waals surface area contributed by atoms with Crippen LogP contribution in [0.25, 0.3) is 0 Å². The number of allylic oxidation sites excluding steroid dienone is 1. The molecule has 3 rings (SSSR count). The van der Waals surface area contributed by atoms with Gasteiger partial charge in [-0.3, -0.25) is 0 Å². The van der Waals surface area contributed by atoms with Gasteiger partial charge in [0.1, 0.15) is 5.82 Å². The van der Waals surface area contributed by atoms with Crippen molar-refractivity contribution < 1.29 is 8.78 Å². The van der Waals surface area contributed by atoms with Crippen molar-refractivity contribution >= 4 is 0 Å². The average Bonchev–Trinajstić information content (AvgIpc) is 2.92. The molecule has 1 aliphatic heterocycles. The molecule has 0 radical (unpaired) electrons. The maximum absolute atomic E-state index is 14.0. The topological polar surface area (TPSA) is 30.7 Å². The van der Waals surface area contributed by atoms with Crippen molar-refractivity contribution in [3.05, 3.63) is 59.9 Å². The Labute approximate surface area is 109 Å². The molecule has 2 heterocycles. The standard InChI is InChI=1S/C14H13F2N3/c1-2-5-13-17-14-11(16)8-12(19(14)18-13)9-6-3-4-7-10(9)15/h2-4,6-7,11-12H,1,5,8H2/t11-,12-/m0/s1. The van der Waals surface area contributed by atoms with E-state index in [-0.39, 0.29) is 18.1 Å². The van der Waals surface area contributed by atoms with Gasteiger partial charge in [-0.15, -0.1) is 6.58 Å². The molecule has 0 amide bonds. The van der Waals surface area contributed by atoms with Crippen molar-refractivity contribution in [1.82, 2.24) is 14.8 Å². The molecule has 1 aromatic heterocycles. The van der Waals surface area contributed by atoms with Crippen molar-refractivity contribution in [1.29, 1.82) is 0 Å². The van der Waals surface area contributed by atoms with Crippen LogP contribution in [0.2, 0.25) is 0 Å². The SMILES string of the molecule is C=CCc1nc2n(n1)[C@H](c1ccccc1F)C[C@@H]2F. The molecule has 19 heavy (non-hydrogen) atoms. The Kier molecular flexibility index (Phi) is 2.89. The molecule has 0 N–H and O–H groups in total. The molecule has 0 spiro atoms. The maximum atomic E-state index is 14.0. The summed E-state index contributed by atoms with van der Waals surface area (Å²) in [5.41, 5.74) is 0.457. The first kappa shape index (κ1) is 12.0. The van der Waals surface area contributed by atoms with Crippen LogP contribution in [0, 0.1) is 5.82 Å². The van der Waals surface area contributed by atoms with Crippen molar-refractivity contribution in [3.63, 3.8) is 0 Å². The Morgan fingerprint density at radius 3 is 2.95 bits per heavy atom. The molecule has 5 heteroatoms. The van der Waals surface area contributed by atoms with Crippen LogP contribution in [0.15, 0.2) is 36.9 Å². The van der Waals surface area contributed by atoms with Gasteiger partial charge in [-0.05, 0) is 6.07 Å². The molecule has 2 atom stereocenters. The number of fused-ring (bicyclic) bond motifs is 1. The quantitative estimate of drug-likeness (QED) is 0.795. The number of benzene rings is 1. The van der Waals surface area contributed by atoms with Gasteiger partial charge >= 0.3 is 0 Å². The van der Waals surface area contributed by atoms with Gasteiger partial charge in [-0.2, -0.15) is 5.10 Å². The predicted molar refractivity (Wildman–Crippen MR) is 66.9 cm³/mol. The van der Waals surface area contributed by atoms with Crippen LogP contribution in [0.5, 0.6) is 0 Å². The first-order valence-electron chi connectivity index (χ1n) is 6.15. The fourth-order valence-corrected chi connectivity index (χ4v) is 2.45. The largest absolute Gasteiger partial charge is 0.239 e. The Balaban J connectivity index is 2.03. The lowest BCUT2D eigenvalue weighted by molar-refractivity contribution is 0.326. The molecule has 1 aromatic carbocycles. The molecule has 1 aliphatic rings. The Morgan fingerprint density at radius 1 is 1.42 bits per heavy atom. The summed E-state index contributed by atoms with van der Waals surface area (Å²) in [7, 11) is 0. The summed E-state index contributed by atoms with van der Waals surface area (Å²) in [6.07, 6.45) is 1.13. The lowest BCUT2D eigenvalue weighted by Crippen LogP contribution is -2.09. The fourth-order valence-electron chi connectivity index (χ4n) is 2.45. The molecule has 0 aliphatic carbocycles. The average molecular weight is 261 g/mol. The maximum Gasteiger partial charge on any atom is 0.162 e. The third-order valence-corrected chi connectivity index (χ3v) is 3.30. The normalized spacial score (nSPS) is 21.4. The van der Waals surface area contributed by atoms with Crippen molar-refractivity contribution in [2.75, 3.05) is 0 Å². The van der Waals surface area contributed by atoms with E-state index in [9.17, 15) is 8.78 Å². The number of alkyl halides is 1. The highest BCUT2D eigenvalue weighted by atomic mass is 19.1. The number of rotatable bonds is 3. The number of aromatic nitrogens is 3. The zero-order valence-electron chi connectivity index (χ0n) is 10.3. The summed E-state index contributed by atoms with van der Waals surface area (Å²) in [4.78, 5) is 4.15. The number of nitrogens with zero attached hydrogens (tertiary/aromatic N) is 3. The van der Waals surface area contributed by atoms with Crippen LogP contribution < -0.4 is 0 Å². The van der Waals surface area contributed by atoms with Crippen LogP contribution in [-0.2, 0) is 6.42 Å². The second-order valence-corrected chi connectivity index (χ2v) is 4.56. The van der Waals surface area contributed by atoms with E-state index in [1.165, 1.54) is 10.7 Å². The van der Waals surface area contributed by atoms with E-state index in [1.54, 1.807) is 24.3 Å². The fraction of sp³-hybridized carbons (Fsp3) is 0.286. The van der Waals surface area contributed by atoms with Gasteiger partial charge in [0, 0.05) is 18.4 Å². The third-order valence-electron chi connectivity index (χ3n) is 3.30. The van der Waals surface area contributed by atoms with Crippen LogP contribution >= 0.6 is 0 Å². The first-order chi connectivity index (χ1) is 9.20. The zero-order chi connectivity index (χ0) is 13.4. The Hall–Kier alpha value is -2.04. The highest BCUT2D eigenvalue weighted by molar-refractivity contribution is 5.25. The minimum Gasteiger partial charge on any atom is -0.239 e. The summed E-state index contributed by atoms with van der Waals surface area (Å²) in [5.74, 6) is 0.465. The van der Waals surface area contributed by atoms with Gasteiger partial charge in [-0.25, -0.2) is 18.4 Å².